The van der Waals surface area contributed by atoms with E-state index >= 15 is 0 Å². The second kappa shape index (κ2) is 5.79. The van der Waals surface area contributed by atoms with Crippen molar-refractivity contribution >= 4 is 27.4 Å². The molecular weight excluding hydrogens is 328 g/mol. The number of carbonyl (C=O) groups is 1. The molecule has 0 amide bonds. The number of hydrogen-bond donors (Lipinski definition) is 0. The predicted molar refractivity (Wildman–Crippen MR) is 75.8 cm³/mol. The minimum atomic E-state index is -0.567. The molecule has 0 saturated heterocycles. The first-order valence-electron chi connectivity index (χ1n) is 5.61. The van der Waals surface area contributed by atoms with E-state index in [-0.39, 0.29) is 29.1 Å². The SMILES string of the molecule is O=C(Cn1cc(Br)ccc1=O)c1cccc([N+](=O)[O-])c1. The number of non-ortho nitro benzene ring substituents is 1. The summed E-state index contributed by atoms with van der Waals surface area (Å²) in [5.74, 6) is -0.367. The molecule has 0 aliphatic carbocycles. The van der Waals surface area contributed by atoms with Gasteiger partial charge in [-0.15, -0.1) is 0 Å². The summed E-state index contributed by atoms with van der Waals surface area (Å²) in [4.78, 5) is 33.7. The molecule has 0 fully saturated rings. The Morgan fingerprint density at radius 2 is 2.05 bits per heavy atom. The molecule has 0 atom stereocenters. The first kappa shape index (κ1) is 14.1. The van der Waals surface area contributed by atoms with Gasteiger partial charge in [0, 0.05) is 34.4 Å². The number of rotatable bonds is 4. The number of nitro benzene ring substituents is 1. The minimum absolute atomic E-state index is 0.155. The van der Waals surface area contributed by atoms with Crippen molar-refractivity contribution in [2.24, 2.45) is 0 Å². The van der Waals surface area contributed by atoms with Crippen LogP contribution in [0.15, 0.2) is 51.9 Å². The van der Waals surface area contributed by atoms with E-state index in [0.717, 1.165) is 0 Å². The van der Waals surface area contributed by atoms with E-state index in [1.54, 1.807) is 6.07 Å². The Labute approximate surface area is 121 Å². The molecule has 102 valence electrons. The Kier molecular flexibility index (Phi) is 4.09. The van der Waals surface area contributed by atoms with Gasteiger partial charge in [0.05, 0.1) is 11.5 Å². The molecular formula is C13H9BrN2O4. The lowest BCUT2D eigenvalue weighted by atomic mass is 10.1. The fraction of sp³-hybridized carbons (Fsp3) is 0.0769. The van der Waals surface area contributed by atoms with E-state index in [4.69, 9.17) is 0 Å². The number of Topliss-reactive ketones (excluding diaryl/α,β-unsaturated/α-hetero) is 1. The average Bonchev–Trinajstić information content (AvgIpc) is 2.43. The summed E-state index contributed by atoms with van der Waals surface area (Å²) in [5.41, 5.74) is -0.268. The third-order valence-electron chi connectivity index (χ3n) is 2.64. The van der Waals surface area contributed by atoms with E-state index in [2.05, 4.69) is 15.9 Å². The Morgan fingerprint density at radius 3 is 2.75 bits per heavy atom. The first-order chi connectivity index (χ1) is 9.47. The summed E-state index contributed by atoms with van der Waals surface area (Å²) in [7, 11) is 0. The monoisotopic (exact) mass is 336 g/mol. The molecule has 1 aromatic carbocycles. The lowest BCUT2D eigenvalue weighted by Crippen LogP contribution is -2.23. The highest BCUT2D eigenvalue weighted by atomic mass is 79.9. The van der Waals surface area contributed by atoms with Crippen LogP contribution >= 0.6 is 15.9 Å². The first-order valence-corrected chi connectivity index (χ1v) is 6.40. The van der Waals surface area contributed by atoms with Crippen LogP contribution in [0.2, 0.25) is 0 Å². The molecule has 0 aliphatic rings. The van der Waals surface area contributed by atoms with Crippen LogP contribution in [0.25, 0.3) is 0 Å². The van der Waals surface area contributed by atoms with Gasteiger partial charge in [0.15, 0.2) is 5.78 Å². The minimum Gasteiger partial charge on any atom is -0.307 e. The zero-order valence-corrected chi connectivity index (χ0v) is 11.7. The third kappa shape index (κ3) is 3.18. The van der Waals surface area contributed by atoms with Gasteiger partial charge >= 0.3 is 0 Å². The maximum Gasteiger partial charge on any atom is 0.270 e. The molecule has 0 saturated carbocycles. The fourth-order valence-electron chi connectivity index (χ4n) is 1.66. The number of benzene rings is 1. The molecule has 20 heavy (non-hydrogen) atoms. The Balaban J connectivity index is 2.28. The summed E-state index contributed by atoms with van der Waals surface area (Å²) >= 11 is 3.21. The zero-order chi connectivity index (χ0) is 14.7. The average molecular weight is 337 g/mol. The van der Waals surface area contributed by atoms with Crippen molar-refractivity contribution in [3.8, 4) is 0 Å². The number of carbonyl (C=O) groups excluding carboxylic acids is 1. The number of halogens is 1. The van der Waals surface area contributed by atoms with Crippen molar-refractivity contribution in [2.75, 3.05) is 0 Å². The normalized spacial score (nSPS) is 10.2. The highest BCUT2D eigenvalue weighted by Gasteiger charge is 2.12. The number of pyridine rings is 1. The van der Waals surface area contributed by atoms with Gasteiger partial charge in [-0.1, -0.05) is 12.1 Å². The number of ketones is 1. The predicted octanol–water partition coefficient (Wildman–Crippen LogP) is 2.40. The standard InChI is InChI=1S/C13H9BrN2O4/c14-10-4-5-13(18)15(7-10)8-12(17)9-2-1-3-11(6-9)16(19)20/h1-7H,8H2. The summed E-state index contributed by atoms with van der Waals surface area (Å²) in [6.07, 6.45) is 1.50. The fourth-order valence-corrected chi connectivity index (χ4v) is 2.04. The van der Waals surface area contributed by atoms with E-state index in [1.807, 2.05) is 0 Å². The smallest absolute Gasteiger partial charge is 0.270 e. The van der Waals surface area contributed by atoms with Gasteiger partial charge in [-0.05, 0) is 22.0 Å². The lowest BCUT2D eigenvalue weighted by Gasteiger charge is -2.05. The van der Waals surface area contributed by atoms with Gasteiger partial charge in [0.25, 0.3) is 11.2 Å². The van der Waals surface area contributed by atoms with Crippen LogP contribution in [0.5, 0.6) is 0 Å². The van der Waals surface area contributed by atoms with Crippen LogP contribution in [0.1, 0.15) is 10.4 Å². The summed E-state index contributed by atoms with van der Waals surface area (Å²) in [6.45, 7) is -0.167. The molecule has 1 aromatic heterocycles. The van der Waals surface area contributed by atoms with Gasteiger partial charge in [0.1, 0.15) is 0 Å². The molecule has 2 aromatic rings. The molecule has 0 radical (unpaired) electrons. The van der Waals surface area contributed by atoms with Gasteiger partial charge in [-0.3, -0.25) is 19.7 Å². The lowest BCUT2D eigenvalue weighted by molar-refractivity contribution is -0.384. The molecule has 6 nitrogen and oxygen atoms in total. The van der Waals surface area contributed by atoms with Crippen LogP contribution in [0.4, 0.5) is 5.69 Å². The summed E-state index contributed by atoms with van der Waals surface area (Å²) in [6, 6.07) is 8.35. The third-order valence-corrected chi connectivity index (χ3v) is 3.11. The van der Waals surface area contributed by atoms with Gasteiger partial charge in [-0.2, -0.15) is 0 Å². The topological polar surface area (TPSA) is 82.2 Å². The molecule has 0 bridgehead atoms. The van der Waals surface area contributed by atoms with Crippen LogP contribution in [-0.2, 0) is 6.54 Å². The van der Waals surface area contributed by atoms with Gasteiger partial charge in [0.2, 0.25) is 0 Å². The van der Waals surface area contributed by atoms with E-state index in [9.17, 15) is 19.7 Å². The van der Waals surface area contributed by atoms with Crippen molar-refractivity contribution in [1.29, 1.82) is 0 Å². The molecule has 7 heteroatoms. The van der Waals surface area contributed by atoms with Crippen molar-refractivity contribution < 1.29 is 9.72 Å². The molecule has 2 rings (SSSR count). The van der Waals surface area contributed by atoms with Crippen LogP contribution < -0.4 is 5.56 Å². The Morgan fingerprint density at radius 1 is 1.30 bits per heavy atom. The van der Waals surface area contributed by atoms with Crippen molar-refractivity contribution in [3.05, 3.63) is 73.1 Å². The maximum absolute atomic E-state index is 12.1. The van der Waals surface area contributed by atoms with Crippen molar-refractivity contribution in [3.63, 3.8) is 0 Å². The Hall–Kier alpha value is -2.28. The highest BCUT2D eigenvalue weighted by molar-refractivity contribution is 9.10. The largest absolute Gasteiger partial charge is 0.307 e. The molecule has 1 heterocycles. The van der Waals surface area contributed by atoms with Crippen molar-refractivity contribution in [1.82, 2.24) is 4.57 Å². The molecule has 0 N–H and O–H groups in total. The second-order valence-corrected chi connectivity index (χ2v) is 4.96. The maximum atomic E-state index is 12.1. The highest BCUT2D eigenvalue weighted by Crippen LogP contribution is 2.14. The van der Waals surface area contributed by atoms with E-state index < -0.39 is 4.92 Å². The van der Waals surface area contributed by atoms with E-state index in [0.29, 0.717) is 4.47 Å². The van der Waals surface area contributed by atoms with Gasteiger partial charge in [-0.25, -0.2) is 0 Å². The summed E-state index contributed by atoms with van der Waals surface area (Å²) < 4.78 is 1.91. The van der Waals surface area contributed by atoms with E-state index in [1.165, 1.54) is 41.1 Å². The van der Waals surface area contributed by atoms with Crippen molar-refractivity contribution in [2.45, 2.75) is 6.54 Å². The quantitative estimate of drug-likeness (QED) is 0.487. The molecule has 0 aliphatic heterocycles. The number of aromatic nitrogens is 1. The Bertz CT molecular complexity index is 739. The van der Waals surface area contributed by atoms with Crippen LogP contribution in [-0.4, -0.2) is 15.3 Å². The molecule has 0 spiro atoms. The van der Waals surface area contributed by atoms with Crippen LogP contribution in [0, 0.1) is 10.1 Å². The number of nitro groups is 1. The number of hydrogen-bond acceptors (Lipinski definition) is 4. The second-order valence-electron chi connectivity index (χ2n) is 4.04. The molecule has 0 unspecified atom stereocenters. The van der Waals surface area contributed by atoms with Crippen LogP contribution in [0.3, 0.4) is 0 Å². The summed E-state index contributed by atoms with van der Waals surface area (Å²) in [5, 5.41) is 10.7. The number of nitrogens with zero attached hydrogens (tertiary/aromatic N) is 2. The zero-order valence-electron chi connectivity index (χ0n) is 10.2. The van der Waals surface area contributed by atoms with Gasteiger partial charge < -0.3 is 4.57 Å².